The van der Waals surface area contributed by atoms with Crippen LogP contribution in [0.3, 0.4) is 0 Å². The molecule has 2 heterocycles. The molecule has 0 aliphatic carbocycles. The van der Waals surface area contributed by atoms with Crippen molar-refractivity contribution >= 4 is 0 Å². The summed E-state index contributed by atoms with van der Waals surface area (Å²) in [6.45, 7) is 7.61. The minimum atomic E-state index is 0.360. The molecule has 0 fully saturated rings. The van der Waals surface area contributed by atoms with Crippen LogP contribution in [-0.2, 0) is 17.9 Å². The molecule has 1 N–H and O–H groups in total. The molecule has 4 heteroatoms. The van der Waals surface area contributed by atoms with E-state index in [1.165, 1.54) is 5.69 Å². The molecule has 0 spiro atoms. The third-order valence-electron chi connectivity index (χ3n) is 2.60. The maximum Gasteiger partial charge on any atom is 0.125 e. The number of fused-ring (bicyclic) bond motifs is 1. The fourth-order valence-corrected chi connectivity index (χ4v) is 1.84. The Labute approximate surface area is 84.3 Å². The van der Waals surface area contributed by atoms with Crippen molar-refractivity contribution in [2.45, 2.75) is 33.0 Å². The molecule has 1 atom stereocenters. The van der Waals surface area contributed by atoms with E-state index in [-0.39, 0.29) is 0 Å². The van der Waals surface area contributed by atoms with Crippen LogP contribution in [0.1, 0.15) is 31.4 Å². The number of ether oxygens (including phenoxy) is 1. The lowest BCUT2D eigenvalue weighted by Gasteiger charge is -2.23. The van der Waals surface area contributed by atoms with Crippen molar-refractivity contribution in [3.8, 4) is 0 Å². The number of aromatic nitrogens is 2. The molecule has 4 nitrogen and oxygen atoms in total. The molecule has 14 heavy (non-hydrogen) atoms. The quantitative estimate of drug-likeness (QED) is 0.784. The average molecular weight is 195 g/mol. The zero-order valence-corrected chi connectivity index (χ0v) is 8.79. The molecule has 1 aliphatic rings. The highest BCUT2D eigenvalue weighted by Crippen LogP contribution is 2.17. The van der Waals surface area contributed by atoms with Gasteiger partial charge in [-0.2, -0.15) is 0 Å². The fourth-order valence-electron chi connectivity index (χ4n) is 1.84. The van der Waals surface area contributed by atoms with Crippen LogP contribution in [0.5, 0.6) is 0 Å². The van der Waals surface area contributed by atoms with Crippen LogP contribution in [0, 0.1) is 0 Å². The van der Waals surface area contributed by atoms with Crippen LogP contribution in [0.15, 0.2) is 6.20 Å². The summed E-state index contributed by atoms with van der Waals surface area (Å²) in [5.74, 6) is 1.13. The van der Waals surface area contributed by atoms with Crippen molar-refractivity contribution in [2.24, 2.45) is 0 Å². The van der Waals surface area contributed by atoms with E-state index in [0.29, 0.717) is 12.6 Å². The van der Waals surface area contributed by atoms with E-state index in [0.717, 1.165) is 25.5 Å². The summed E-state index contributed by atoms with van der Waals surface area (Å²) in [5.41, 5.74) is 1.19. The zero-order valence-electron chi connectivity index (χ0n) is 8.79. The smallest absolute Gasteiger partial charge is 0.125 e. The molecule has 0 radical (unpaired) electrons. The van der Waals surface area contributed by atoms with Crippen molar-refractivity contribution in [1.82, 2.24) is 14.9 Å². The van der Waals surface area contributed by atoms with Crippen molar-refractivity contribution in [3.63, 3.8) is 0 Å². The summed E-state index contributed by atoms with van der Waals surface area (Å²) >= 11 is 0. The van der Waals surface area contributed by atoms with Crippen LogP contribution in [-0.4, -0.2) is 22.7 Å². The highest BCUT2D eigenvalue weighted by molar-refractivity contribution is 5.09. The Balaban J connectivity index is 2.18. The Morgan fingerprint density at radius 3 is 3.36 bits per heavy atom. The predicted octanol–water partition coefficient (Wildman–Crippen LogP) is 1.08. The molecule has 1 aromatic heterocycles. The van der Waals surface area contributed by atoms with Gasteiger partial charge in [-0.15, -0.1) is 0 Å². The topological polar surface area (TPSA) is 39.1 Å². The first kappa shape index (κ1) is 9.68. The average Bonchev–Trinajstić information content (AvgIpc) is 2.60. The van der Waals surface area contributed by atoms with Gasteiger partial charge in [0.2, 0.25) is 0 Å². The molecule has 2 rings (SSSR count). The Hall–Kier alpha value is -0.870. The van der Waals surface area contributed by atoms with E-state index in [1.54, 1.807) is 0 Å². The summed E-state index contributed by atoms with van der Waals surface area (Å²) in [7, 11) is 0. The standard InChI is InChI=1S/C10H17N3O/c1-3-14-7-9-6-12-10-8(2)11-4-5-13(9)10/h6,8,11H,3-5,7H2,1-2H3/t8-/m1/s1. The van der Waals surface area contributed by atoms with Gasteiger partial charge in [-0.05, 0) is 13.8 Å². The molecular weight excluding hydrogens is 178 g/mol. The van der Waals surface area contributed by atoms with Gasteiger partial charge < -0.3 is 14.6 Å². The summed E-state index contributed by atoms with van der Waals surface area (Å²) < 4.78 is 7.66. The van der Waals surface area contributed by atoms with Crippen molar-refractivity contribution < 1.29 is 4.74 Å². The highest BCUT2D eigenvalue weighted by atomic mass is 16.5. The first-order valence-corrected chi connectivity index (χ1v) is 5.18. The molecule has 0 aromatic carbocycles. The number of hydrogen-bond donors (Lipinski definition) is 1. The lowest BCUT2D eigenvalue weighted by Crippen LogP contribution is -2.32. The molecule has 1 aromatic rings. The fraction of sp³-hybridized carbons (Fsp3) is 0.700. The molecule has 0 amide bonds. The van der Waals surface area contributed by atoms with Crippen molar-refractivity contribution in [1.29, 1.82) is 0 Å². The largest absolute Gasteiger partial charge is 0.375 e. The first-order valence-electron chi connectivity index (χ1n) is 5.18. The Morgan fingerprint density at radius 2 is 2.57 bits per heavy atom. The van der Waals surface area contributed by atoms with Gasteiger partial charge in [-0.3, -0.25) is 0 Å². The van der Waals surface area contributed by atoms with Crippen LogP contribution in [0.4, 0.5) is 0 Å². The maximum absolute atomic E-state index is 5.40. The van der Waals surface area contributed by atoms with E-state index in [1.807, 2.05) is 13.1 Å². The minimum absolute atomic E-state index is 0.360. The van der Waals surface area contributed by atoms with Gasteiger partial charge in [0.25, 0.3) is 0 Å². The maximum atomic E-state index is 5.40. The van der Waals surface area contributed by atoms with E-state index >= 15 is 0 Å². The SMILES string of the molecule is CCOCc1cnc2n1CCN[C@@H]2C. The van der Waals surface area contributed by atoms with E-state index in [2.05, 4.69) is 21.8 Å². The van der Waals surface area contributed by atoms with E-state index in [9.17, 15) is 0 Å². The first-order chi connectivity index (χ1) is 6.83. The molecule has 0 saturated carbocycles. The van der Waals surface area contributed by atoms with Crippen LogP contribution in [0.25, 0.3) is 0 Å². The van der Waals surface area contributed by atoms with Gasteiger partial charge in [-0.1, -0.05) is 0 Å². The summed E-state index contributed by atoms with van der Waals surface area (Å²) in [4.78, 5) is 4.41. The monoisotopic (exact) mass is 195 g/mol. The molecular formula is C10H17N3O. The number of nitrogens with zero attached hydrogens (tertiary/aromatic N) is 2. The van der Waals surface area contributed by atoms with Crippen LogP contribution >= 0.6 is 0 Å². The molecule has 78 valence electrons. The molecule has 0 unspecified atom stereocenters. The minimum Gasteiger partial charge on any atom is -0.375 e. The Bertz CT molecular complexity index is 308. The van der Waals surface area contributed by atoms with Gasteiger partial charge >= 0.3 is 0 Å². The van der Waals surface area contributed by atoms with Gasteiger partial charge in [-0.25, -0.2) is 4.98 Å². The third kappa shape index (κ3) is 1.67. The highest BCUT2D eigenvalue weighted by Gasteiger charge is 2.19. The normalized spacial score (nSPS) is 20.9. The van der Waals surface area contributed by atoms with E-state index < -0.39 is 0 Å². The van der Waals surface area contributed by atoms with E-state index in [4.69, 9.17) is 4.74 Å². The number of nitrogens with one attached hydrogen (secondary N) is 1. The van der Waals surface area contributed by atoms with Gasteiger partial charge in [0.15, 0.2) is 0 Å². The molecule has 0 saturated heterocycles. The second-order valence-corrected chi connectivity index (χ2v) is 3.57. The number of imidazole rings is 1. The van der Waals surface area contributed by atoms with Crippen LogP contribution < -0.4 is 5.32 Å². The molecule has 1 aliphatic heterocycles. The van der Waals surface area contributed by atoms with Crippen molar-refractivity contribution in [3.05, 3.63) is 17.7 Å². The van der Waals surface area contributed by atoms with Gasteiger partial charge in [0.05, 0.1) is 24.5 Å². The second-order valence-electron chi connectivity index (χ2n) is 3.57. The third-order valence-corrected chi connectivity index (χ3v) is 2.60. The Kier molecular flexibility index (Phi) is 2.84. The van der Waals surface area contributed by atoms with Crippen molar-refractivity contribution in [2.75, 3.05) is 13.2 Å². The predicted molar refractivity (Wildman–Crippen MR) is 54.0 cm³/mol. The zero-order chi connectivity index (χ0) is 9.97. The number of hydrogen-bond acceptors (Lipinski definition) is 3. The van der Waals surface area contributed by atoms with Gasteiger partial charge in [0, 0.05) is 19.7 Å². The summed E-state index contributed by atoms with van der Waals surface area (Å²) in [5, 5.41) is 3.38. The second kappa shape index (κ2) is 4.11. The lowest BCUT2D eigenvalue weighted by atomic mass is 10.2. The molecule has 0 bridgehead atoms. The summed E-state index contributed by atoms with van der Waals surface area (Å²) in [6.07, 6.45) is 1.93. The van der Waals surface area contributed by atoms with Crippen LogP contribution in [0.2, 0.25) is 0 Å². The number of rotatable bonds is 3. The Morgan fingerprint density at radius 1 is 1.71 bits per heavy atom. The van der Waals surface area contributed by atoms with Gasteiger partial charge in [0.1, 0.15) is 5.82 Å². The lowest BCUT2D eigenvalue weighted by molar-refractivity contribution is 0.127. The summed E-state index contributed by atoms with van der Waals surface area (Å²) in [6, 6.07) is 0.360.